The van der Waals surface area contributed by atoms with Crippen molar-refractivity contribution in [2.75, 3.05) is 5.32 Å². The van der Waals surface area contributed by atoms with E-state index in [2.05, 4.69) is 20.7 Å². The van der Waals surface area contributed by atoms with Crippen molar-refractivity contribution >= 4 is 11.8 Å². The Balaban J connectivity index is 1.86. The summed E-state index contributed by atoms with van der Waals surface area (Å²) in [5, 5.41) is 9.39. The first-order valence-corrected chi connectivity index (χ1v) is 6.80. The van der Waals surface area contributed by atoms with Crippen molar-refractivity contribution in [2.24, 2.45) is 7.05 Å². The van der Waals surface area contributed by atoms with Gasteiger partial charge in [0.15, 0.2) is 5.82 Å². The van der Waals surface area contributed by atoms with Gasteiger partial charge in [-0.1, -0.05) is 13.0 Å². The average molecular weight is 309 g/mol. The third-order valence-corrected chi connectivity index (χ3v) is 3.10. The molecule has 0 unspecified atom stereocenters. The minimum Gasteiger partial charge on any atom is -0.334 e. The number of urea groups is 1. The summed E-state index contributed by atoms with van der Waals surface area (Å²) in [6, 6.07) is 4.12. The quantitative estimate of drug-likeness (QED) is 0.892. The molecule has 118 valence electrons. The molecule has 2 N–H and O–H groups in total. The number of carbonyl (C=O) groups excluding carboxylic acids is 1. The van der Waals surface area contributed by atoms with Gasteiger partial charge in [0, 0.05) is 31.5 Å². The van der Waals surface area contributed by atoms with Crippen LogP contribution in [0.5, 0.6) is 0 Å². The van der Waals surface area contributed by atoms with Gasteiger partial charge < -0.3 is 5.32 Å². The Kier molecular flexibility index (Phi) is 5.03. The second kappa shape index (κ2) is 6.97. The van der Waals surface area contributed by atoms with Crippen LogP contribution in [-0.2, 0) is 20.0 Å². The van der Waals surface area contributed by atoms with E-state index in [9.17, 15) is 13.6 Å². The van der Waals surface area contributed by atoms with Crippen LogP contribution in [0.25, 0.3) is 0 Å². The molecule has 0 saturated carbocycles. The van der Waals surface area contributed by atoms with Gasteiger partial charge in [-0.3, -0.25) is 15.0 Å². The summed E-state index contributed by atoms with van der Waals surface area (Å²) in [5.41, 5.74) is 1.35. The summed E-state index contributed by atoms with van der Waals surface area (Å²) in [5.74, 6) is 0.461. The molecule has 6 nitrogen and oxygen atoms in total. The number of aryl methyl sites for hydroxylation is 2. The van der Waals surface area contributed by atoms with Crippen molar-refractivity contribution < 1.29 is 13.6 Å². The molecule has 2 aromatic heterocycles. The summed E-state index contributed by atoms with van der Waals surface area (Å²) in [6.07, 6.45) is -0.464. The molecule has 0 spiro atoms. The summed E-state index contributed by atoms with van der Waals surface area (Å²) in [6.45, 7) is 2.19. The van der Waals surface area contributed by atoms with E-state index in [4.69, 9.17) is 0 Å². The Morgan fingerprint density at radius 2 is 2.18 bits per heavy atom. The number of alkyl halides is 2. The molecule has 0 atom stereocenters. The van der Waals surface area contributed by atoms with Gasteiger partial charge in [0.25, 0.3) is 6.43 Å². The van der Waals surface area contributed by atoms with Crippen LogP contribution in [0.2, 0.25) is 0 Å². The molecule has 8 heteroatoms. The van der Waals surface area contributed by atoms with Crippen molar-refractivity contribution in [1.82, 2.24) is 20.1 Å². The Labute approximate surface area is 126 Å². The lowest BCUT2D eigenvalue weighted by molar-refractivity contribution is 0.146. The number of hydrogen-bond donors (Lipinski definition) is 2. The molecule has 22 heavy (non-hydrogen) atoms. The van der Waals surface area contributed by atoms with E-state index in [0.717, 1.165) is 12.1 Å². The first-order chi connectivity index (χ1) is 10.5. The van der Waals surface area contributed by atoms with Gasteiger partial charge in [-0.05, 0) is 18.1 Å². The van der Waals surface area contributed by atoms with Crippen LogP contribution in [0.4, 0.5) is 19.4 Å². The van der Waals surface area contributed by atoms with E-state index in [-0.39, 0.29) is 12.2 Å². The Morgan fingerprint density at radius 1 is 1.41 bits per heavy atom. The van der Waals surface area contributed by atoms with Gasteiger partial charge in [0.05, 0.1) is 0 Å². The summed E-state index contributed by atoms with van der Waals surface area (Å²) < 4.78 is 26.4. The standard InChI is InChI=1S/C14H17F2N5O/c1-3-10-6-12(20-21(10)2)19-14(22)18-8-9-4-5-11(13(15)16)17-7-9/h4-7,13H,3,8H2,1-2H3,(H2,18,19,20,22). The number of anilines is 1. The van der Waals surface area contributed by atoms with E-state index < -0.39 is 12.5 Å². The van der Waals surface area contributed by atoms with Crippen molar-refractivity contribution in [3.8, 4) is 0 Å². The fourth-order valence-electron chi connectivity index (χ4n) is 1.91. The zero-order chi connectivity index (χ0) is 16.1. The molecule has 0 saturated heterocycles. The van der Waals surface area contributed by atoms with Gasteiger partial charge in [-0.25, -0.2) is 13.6 Å². The Hall–Kier alpha value is -2.51. The molecular formula is C14H17F2N5O. The van der Waals surface area contributed by atoms with E-state index in [0.29, 0.717) is 11.4 Å². The lowest BCUT2D eigenvalue weighted by Crippen LogP contribution is -2.28. The van der Waals surface area contributed by atoms with Gasteiger partial charge >= 0.3 is 6.03 Å². The maximum Gasteiger partial charge on any atom is 0.320 e. The van der Waals surface area contributed by atoms with Crippen LogP contribution in [0.1, 0.15) is 30.3 Å². The van der Waals surface area contributed by atoms with Crippen molar-refractivity contribution in [3.05, 3.63) is 41.3 Å². The number of hydrogen-bond acceptors (Lipinski definition) is 3. The van der Waals surface area contributed by atoms with Crippen LogP contribution < -0.4 is 10.6 Å². The van der Waals surface area contributed by atoms with Gasteiger partial charge in [0.2, 0.25) is 0 Å². The maximum absolute atomic E-state index is 12.4. The van der Waals surface area contributed by atoms with Crippen LogP contribution in [0, 0.1) is 0 Å². The smallest absolute Gasteiger partial charge is 0.320 e. The number of halogens is 2. The fourth-order valence-corrected chi connectivity index (χ4v) is 1.91. The molecular weight excluding hydrogens is 292 g/mol. The molecule has 2 amide bonds. The van der Waals surface area contributed by atoms with Crippen molar-refractivity contribution in [3.63, 3.8) is 0 Å². The molecule has 0 aliphatic heterocycles. The summed E-state index contributed by atoms with van der Waals surface area (Å²) in [4.78, 5) is 15.4. The fraction of sp³-hybridized carbons (Fsp3) is 0.357. The number of rotatable bonds is 5. The molecule has 0 bridgehead atoms. The predicted molar refractivity (Wildman–Crippen MR) is 77.6 cm³/mol. The molecule has 0 aromatic carbocycles. The van der Waals surface area contributed by atoms with E-state index in [1.54, 1.807) is 17.8 Å². The third kappa shape index (κ3) is 4.00. The van der Waals surface area contributed by atoms with Gasteiger partial charge in [-0.15, -0.1) is 0 Å². The topological polar surface area (TPSA) is 71.8 Å². The first-order valence-electron chi connectivity index (χ1n) is 6.80. The van der Waals surface area contributed by atoms with Crippen LogP contribution >= 0.6 is 0 Å². The van der Waals surface area contributed by atoms with Gasteiger partial charge in [0.1, 0.15) is 5.69 Å². The zero-order valence-electron chi connectivity index (χ0n) is 12.3. The Bertz CT molecular complexity index is 639. The molecule has 0 radical (unpaired) electrons. The van der Waals surface area contributed by atoms with Crippen LogP contribution in [0.3, 0.4) is 0 Å². The number of aromatic nitrogens is 3. The first kappa shape index (κ1) is 15.9. The maximum atomic E-state index is 12.4. The van der Waals surface area contributed by atoms with Crippen LogP contribution in [0.15, 0.2) is 24.4 Å². The normalized spacial score (nSPS) is 10.8. The number of nitrogens with one attached hydrogen (secondary N) is 2. The molecule has 0 aliphatic rings. The molecule has 0 fully saturated rings. The highest BCUT2D eigenvalue weighted by Gasteiger charge is 2.09. The van der Waals surface area contributed by atoms with E-state index >= 15 is 0 Å². The number of amides is 2. The predicted octanol–water partition coefficient (Wildman–Crippen LogP) is 2.64. The highest BCUT2D eigenvalue weighted by molar-refractivity contribution is 5.88. The summed E-state index contributed by atoms with van der Waals surface area (Å²) >= 11 is 0. The largest absolute Gasteiger partial charge is 0.334 e. The monoisotopic (exact) mass is 309 g/mol. The highest BCUT2D eigenvalue weighted by Crippen LogP contribution is 2.15. The van der Waals surface area contributed by atoms with Crippen molar-refractivity contribution in [1.29, 1.82) is 0 Å². The third-order valence-electron chi connectivity index (χ3n) is 3.10. The molecule has 0 aliphatic carbocycles. The second-order valence-corrected chi connectivity index (χ2v) is 4.70. The van der Waals surface area contributed by atoms with E-state index in [1.807, 2.05) is 6.92 Å². The SMILES string of the molecule is CCc1cc(NC(=O)NCc2ccc(C(F)F)nc2)nn1C. The molecule has 2 heterocycles. The minimum absolute atomic E-state index is 0.190. The van der Waals surface area contributed by atoms with Crippen molar-refractivity contribution in [2.45, 2.75) is 26.3 Å². The molecule has 2 rings (SSSR count). The second-order valence-electron chi connectivity index (χ2n) is 4.70. The lowest BCUT2D eigenvalue weighted by atomic mass is 10.2. The average Bonchev–Trinajstić information content (AvgIpc) is 2.85. The number of carbonyl (C=O) groups is 1. The lowest BCUT2D eigenvalue weighted by Gasteiger charge is -2.06. The van der Waals surface area contributed by atoms with E-state index in [1.165, 1.54) is 18.3 Å². The van der Waals surface area contributed by atoms with Gasteiger partial charge in [-0.2, -0.15) is 5.10 Å². The Morgan fingerprint density at radius 3 is 2.73 bits per heavy atom. The van der Waals surface area contributed by atoms with Crippen LogP contribution in [-0.4, -0.2) is 20.8 Å². The highest BCUT2D eigenvalue weighted by atomic mass is 19.3. The molecule has 2 aromatic rings. The number of pyridine rings is 1. The summed E-state index contributed by atoms with van der Waals surface area (Å²) in [7, 11) is 1.80. The minimum atomic E-state index is -2.60. The zero-order valence-corrected chi connectivity index (χ0v) is 12.3. The number of nitrogens with zero attached hydrogens (tertiary/aromatic N) is 3.